The van der Waals surface area contributed by atoms with E-state index in [9.17, 15) is 19.2 Å². The molecule has 0 radical (unpaired) electrons. The van der Waals surface area contributed by atoms with Crippen LogP contribution < -0.4 is 16.3 Å². The molecule has 3 unspecified atom stereocenters. The van der Waals surface area contributed by atoms with Gasteiger partial charge in [0.05, 0.1) is 22.7 Å². The maximum Gasteiger partial charge on any atom is 0.346 e. The number of esters is 1. The summed E-state index contributed by atoms with van der Waals surface area (Å²) in [6.45, 7) is 3.92. The molecule has 1 aliphatic heterocycles. The Kier molecular flexibility index (Phi) is 8.74. The average molecular weight is 524 g/mol. The Hall–Kier alpha value is -3.11. The van der Waals surface area contributed by atoms with Crippen LogP contribution in [0.3, 0.4) is 0 Å². The number of likely N-dealkylation sites (tertiary alicyclic amines) is 1. The topological polar surface area (TPSA) is 133 Å². The van der Waals surface area contributed by atoms with Crippen molar-refractivity contribution in [3.8, 4) is 0 Å². The SMILES string of the molecule is COC(=O)C(Cc1cnc(=O)[nH]c1NC(=O)c1c(Cl)cccc1Cl)NC(=O)N1C(C)CCCC1C. The lowest BCUT2D eigenvalue weighted by Gasteiger charge is -2.39. The summed E-state index contributed by atoms with van der Waals surface area (Å²) in [7, 11) is 1.21. The van der Waals surface area contributed by atoms with Gasteiger partial charge in [-0.2, -0.15) is 0 Å². The first-order chi connectivity index (χ1) is 16.6. The van der Waals surface area contributed by atoms with Crippen LogP contribution in [0.15, 0.2) is 29.2 Å². The van der Waals surface area contributed by atoms with Crippen LogP contribution in [0.25, 0.3) is 0 Å². The van der Waals surface area contributed by atoms with Crippen molar-refractivity contribution in [2.24, 2.45) is 0 Å². The molecule has 3 atom stereocenters. The van der Waals surface area contributed by atoms with E-state index in [1.807, 2.05) is 13.8 Å². The van der Waals surface area contributed by atoms with Gasteiger partial charge in [0.25, 0.3) is 5.91 Å². The number of carbonyl (C=O) groups is 3. The Morgan fingerprint density at radius 3 is 2.43 bits per heavy atom. The second kappa shape index (κ2) is 11.5. The van der Waals surface area contributed by atoms with Crippen molar-refractivity contribution in [1.82, 2.24) is 20.2 Å². The van der Waals surface area contributed by atoms with Crippen molar-refractivity contribution < 1.29 is 19.1 Å². The summed E-state index contributed by atoms with van der Waals surface area (Å²) in [4.78, 5) is 58.2. The van der Waals surface area contributed by atoms with Gasteiger partial charge < -0.3 is 20.3 Å². The smallest absolute Gasteiger partial charge is 0.346 e. The number of carbonyl (C=O) groups excluding carboxylic acids is 3. The minimum absolute atomic E-state index is 0.00570. The molecular weight excluding hydrogens is 497 g/mol. The third kappa shape index (κ3) is 6.32. The quantitative estimate of drug-likeness (QED) is 0.497. The van der Waals surface area contributed by atoms with Gasteiger partial charge in [-0.15, -0.1) is 0 Å². The van der Waals surface area contributed by atoms with Crippen molar-refractivity contribution in [3.63, 3.8) is 0 Å². The van der Waals surface area contributed by atoms with Crippen LogP contribution >= 0.6 is 23.2 Å². The van der Waals surface area contributed by atoms with Crippen molar-refractivity contribution in [1.29, 1.82) is 0 Å². The Morgan fingerprint density at radius 2 is 1.83 bits per heavy atom. The molecule has 10 nitrogen and oxygen atoms in total. The zero-order valence-corrected chi connectivity index (χ0v) is 21.1. The van der Waals surface area contributed by atoms with Gasteiger partial charge in [0, 0.05) is 30.3 Å². The lowest BCUT2D eigenvalue weighted by molar-refractivity contribution is -0.142. The second-order valence-corrected chi connectivity index (χ2v) is 9.22. The highest BCUT2D eigenvalue weighted by atomic mass is 35.5. The first kappa shape index (κ1) is 26.5. The molecule has 188 valence electrons. The van der Waals surface area contributed by atoms with Gasteiger partial charge in [-0.3, -0.25) is 9.78 Å². The number of piperidine rings is 1. The summed E-state index contributed by atoms with van der Waals surface area (Å²) >= 11 is 12.2. The molecule has 1 aromatic heterocycles. The molecule has 1 aromatic carbocycles. The highest BCUT2D eigenvalue weighted by molar-refractivity contribution is 6.40. The molecule has 2 aromatic rings. The lowest BCUT2D eigenvalue weighted by Crippen LogP contribution is -2.55. The van der Waals surface area contributed by atoms with Crippen molar-refractivity contribution in [2.75, 3.05) is 12.4 Å². The third-order valence-electron chi connectivity index (χ3n) is 5.95. The fourth-order valence-corrected chi connectivity index (χ4v) is 4.75. The van der Waals surface area contributed by atoms with Crippen LogP contribution in [0.5, 0.6) is 0 Å². The maximum atomic E-state index is 13.1. The summed E-state index contributed by atoms with van der Waals surface area (Å²) < 4.78 is 4.89. The first-order valence-electron chi connectivity index (χ1n) is 11.1. The van der Waals surface area contributed by atoms with Gasteiger partial charge in [0.15, 0.2) is 0 Å². The molecule has 3 rings (SSSR count). The Labute approximate surface area is 212 Å². The Bertz CT molecular complexity index is 1140. The normalized spacial score (nSPS) is 18.5. The van der Waals surface area contributed by atoms with Gasteiger partial charge in [0.1, 0.15) is 11.9 Å². The third-order valence-corrected chi connectivity index (χ3v) is 6.58. The Balaban J connectivity index is 1.86. The molecule has 12 heteroatoms. The van der Waals surface area contributed by atoms with Crippen LogP contribution in [-0.2, 0) is 16.0 Å². The van der Waals surface area contributed by atoms with E-state index >= 15 is 0 Å². The number of aromatic amines is 1. The number of rotatable bonds is 6. The van der Waals surface area contributed by atoms with Crippen LogP contribution in [-0.4, -0.2) is 58.0 Å². The van der Waals surface area contributed by atoms with E-state index in [0.717, 1.165) is 19.3 Å². The van der Waals surface area contributed by atoms with Gasteiger partial charge >= 0.3 is 17.7 Å². The van der Waals surface area contributed by atoms with E-state index in [-0.39, 0.29) is 45.5 Å². The molecule has 0 bridgehead atoms. The van der Waals surface area contributed by atoms with E-state index in [1.165, 1.54) is 25.4 Å². The fraction of sp³-hybridized carbons (Fsp3) is 0.435. The number of aromatic nitrogens is 2. The number of nitrogens with one attached hydrogen (secondary N) is 3. The zero-order valence-electron chi connectivity index (χ0n) is 19.6. The van der Waals surface area contributed by atoms with E-state index in [2.05, 4.69) is 20.6 Å². The first-order valence-corrected chi connectivity index (χ1v) is 11.9. The number of urea groups is 1. The number of ether oxygens (including phenoxy) is 1. The van der Waals surface area contributed by atoms with Gasteiger partial charge in [-0.25, -0.2) is 19.4 Å². The summed E-state index contributed by atoms with van der Waals surface area (Å²) in [5.74, 6) is -1.36. The highest BCUT2D eigenvalue weighted by Crippen LogP contribution is 2.26. The molecule has 2 heterocycles. The maximum absolute atomic E-state index is 13.1. The minimum Gasteiger partial charge on any atom is -0.467 e. The van der Waals surface area contributed by atoms with Crippen LogP contribution in [0.1, 0.15) is 49.0 Å². The summed E-state index contributed by atoms with van der Waals surface area (Å²) in [6, 6.07) is 3.14. The summed E-state index contributed by atoms with van der Waals surface area (Å²) in [5.41, 5.74) is -0.411. The van der Waals surface area contributed by atoms with E-state index in [4.69, 9.17) is 27.9 Å². The standard InChI is InChI=1S/C23H27Cl2N5O5/c1-12-6-4-7-13(2)30(12)23(34)27-17(21(32)35-3)10-14-11-26-22(33)29-19(14)28-20(31)18-15(24)8-5-9-16(18)25/h5,8-9,11-13,17H,4,6-7,10H2,1-3H3,(H,27,34)(H2,26,28,29,31,33). The molecule has 0 saturated carbocycles. The molecular formula is C23H27Cl2N5O5. The van der Waals surface area contributed by atoms with Gasteiger partial charge in [0.2, 0.25) is 0 Å². The number of hydrogen-bond donors (Lipinski definition) is 3. The zero-order chi connectivity index (χ0) is 25.7. The van der Waals surface area contributed by atoms with Crippen molar-refractivity contribution in [2.45, 2.75) is 57.7 Å². The number of methoxy groups -OCH3 is 1. The number of benzene rings is 1. The van der Waals surface area contributed by atoms with Crippen molar-refractivity contribution in [3.05, 3.63) is 56.1 Å². The van der Waals surface area contributed by atoms with Crippen molar-refractivity contribution >= 4 is 46.9 Å². The summed E-state index contributed by atoms with van der Waals surface area (Å²) in [6.07, 6.45) is 3.87. The monoisotopic (exact) mass is 523 g/mol. The van der Waals surface area contributed by atoms with E-state index < -0.39 is 29.6 Å². The molecule has 3 amide bonds. The average Bonchev–Trinajstić information content (AvgIpc) is 2.79. The number of anilines is 1. The molecule has 35 heavy (non-hydrogen) atoms. The second-order valence-electron chi connectivity index (χ2n) is 8.40. The number of H-pyrrole nitrogens is 1. The number of hydrogen-bond acceptors (Lipinski definition) is 6. The number of halogens is 2. The minimum atomic E-state index is -1.10. The van der Waals surface area contributed by atoms with Crippen LogP contribution in [0, 0.1) is 0 Å². The summed E-state index contributed by atoms with van der Waals surface area (Å²) in [5, 5.41) is 5.54. The van der Waals surface area contributed by atoms with Crippen LogP contribution in [0.2, 0.25) is 10.0 Å². The Morgan fingerprint density at radius 1 is 1.20 bits per heavy atom. The van der Waals surface area contributed by atoms with E-state index in [1.54, 1.807) is 11.0 Å². The lowest BCUT2D eigenvalue weighted by atomic mass is 9.98. The van der Waals surface area contributed by atoms with Gasteiger partial charge in [-0.05, 0) is 45.2 Å². The fourth-order valence-electron chi connectivity index (χ4n) is 4.18. The molecule has 0 aliphatic carbocycles. The molecule has 3 N–H and O–H groups in total. The molecule has 0 spiro atoms. The number of nitrogens with zero attached hydrogens (tertiary/aromatic N) is 2. The van der Waals surface area contributed by atoms with E-state index in [0.29, 0.717) is 0 Å². The number of amides is 3. The molecule has 1 saturated heterocycles. The highest BCUT2D eigenvalue weighted by Gasteiger charge is 2.32. The molecule has 1 aliphatic rings. The van der Waals surface area contributed by atoms with Crippen LogP contribution in [0.4, 0.5) is 10.6 Å². The molecule has 1 fully saturated rings. The van der Waals surface area contributed by atoms with Gasteiger partial charge in [-0.1, -0.05) is 29.3 Å². The largest absolute Gasteiger partial charge is 0.467 e. The predicted molar refractivity (Wildman–Crippen MR) is 132 cm³/mol. The predicted octanol–water partition coefficient (Wildman–Crippen LogP) is 3.39.